The fourth-order valence-electron chi connectivity index (χ4n) is 11.2. The van der Waals surface area contributed by atoms with E-state index in [1.54, 1.807) is 45.0 Å². The second kappa shape index (κ2) is 20.4. The maximum Gasteiger partial charge on any atom is 0.255 e. The zero-order valence-corrected chi connectivity index (χ0v) is 40.3. The topological polar surface area (TPSA) is 415 Å². The van der Waals surface area contributed by atoms with Crippen molar-refractivity contribution in [1.29, 1.82) is 0 Å². The highest BCUT2D eigenvalue weighted by atomic mass is 35.5. The molecule has 17 N–H and O–H groups in total. The molecule has 12 atom stereocenters. The summed E-state index contributed by atoms with van der Waals surface area (Å²) in [5.41, 5.74) is 2.94. The van der Waals surface area contributed by atoms with Gasteiger partial charge in [0.2, 0.25) is 11.6 Å². The zero-order valence-electron chi connectivity index (χ0n) is 38.7. The molecule has 6 aliphatic rings. The van der Waals surface area contributed by atoms with Crippen molar-refractivity contribution < 1.29 is 90.4 Å². The summed E-state index contributed by atoms with van der Waals surface area (Å²) in [6, 6.07) is 6.26. The molecule has 0 spiro atoms. The van der Waals surface area contributed by atoms with Gasteiger partial charge in [0.25, 0.3) is 11.8 Å². The SMILES string of the molecule is CCO.C[C@H]1c2cccc(O)c2C(O)=C2C(=O)[C@]3(O)C(O)=C(C(N)=O)C(=O)[C@@H](N(C)C)C3[C@@H](O)C21.C[C@H]1c2cccc(O)c2C(O)=C2C(=O)[C@]3(O)C(O)=C(C(N)=O)C(=O)[C@@H](N(C)C)C3[C@@H](O)C21.Cl.Cl.O. The first-order valence-electron chi connectivity index (χ1n) is 21.1. The lowest BCUT2D eigenvalue weighted by Crippen LogP contribution is -2.70. The largest absolute Gasteiger partial charge is 0.508 e. The van der Waals surface area contributed by atoms with Crippen molar-refractivity contribution >= 4 is 71.3 Å². The molecule has 24 heteroatoms. The number of carbonyl (C=O) groups excluding carboxylic acids is 6. The highest BCUT2D eigenvalue weighted by Gasteiger charge is 2.70. The second-order valence-electron chi connectivity index (χ2n) is 17.9. The number of Topliss-reactive ketones (excluding diaryl/α,β-unsaturated/α-hetero) is 4. The third-order valence-electron chi connectivity index (χ3n) is 14.0. The van der Waals surface area contributed by atoms with Gasteiger partial charge in [0.1, 0.15) is 45.7 Å². The van der Waals surface area contributed by atoms with Crippen LogP contribution < -0.4 is 11.5 Å². The van der Waals surface area contributed by atoms with Crippen LogP contribution in [0.25, 0.3) is 11.5 Å². The highest BCUT2D eigenvalue weighted by molar-refractivity contribution is 6.26. The molecule has 8 rings (SSSR count). The Bertz CT molecular complexity index is 2490. The van der Waals surface area contributed by atoms with Crippen LogP contribution in [0.1, 0.15) is 54.9 Å². The van der Waals surface area contributed by atoms with Gasteiger partial charge in [-0.3, -0.25) is 38.6 Å². The summed E-state index contributed by atoms with van der Waals surface area (Å²) in [5.74, 6) is -17.7. The summed E-state index contributed by atoms with van der Waals surface area (Å²) in [4.78, 5) is 79.9. The van der Waals surface area contributed by atoms with Crippen LogP contribution in [0.3, 0.4) is 0 Å². The van der Waals surface area contributed by atoms with Crippen molar-refractivity contribution in [1.82, 2.24) is 9.80 Å². The standard InChI is InChI=1S/2C22H24N2O8.C2H6O.2ClH.H2O/c2*1-7-8-5-4-6-9(25)11(8)16(26)12-10(7)17(27)14-15(24(2)3)18(28)13(21(23)31)20(30)22(14,32)19(12)29;1-2-3;;;/h2*4-7,10,14-15,17,25-27,30,32H,1-3H3,(H2,23,31);3H,2H2,1H3;2*1H;1H2/t2*7-,10?,14?,15-,17-,22-;;;;/m00..../s1. The van der Waals surface area contributed by atoms with Crippen molar-refractivity contribution in [2.75, 3.05) is 34.8 Å². The van der Waals surface area contributed by atoms with Crippen LogP contribution in [0.2, 0.25) is 0 Å². The number of rotatable bonds is 4. The number of nitrogens with two attached hydrogens (primary N) is 2. The molecular formula is C46H58Cl2N4O18. The smallest absolute Gasteiger partial charge is 0.255 e. The molecule has 2 aromatic carbocycles. The van der Waals surface area contributed by atoms with E-state index in [2.05, 4.69) is 0 Å². The van der Waals surface area contributed by atoms with Crippen LogP contribution in [0, 0.1) is 23.7 Å². The van der Waals surface area contributed by atoms with Crippen LogP contribution in [-0.2, 0) is 28.8 Å². The number of aliphatic hydroxyl groups is 9. The third kappa shape index (κ3) is 8.01. The average molecular weight is 1030 g/mol. The Balaban J connectivity index is 0.000000337. The normalized spacial score (nSPS) is 31.7. The molecule has 2 saturated carbocycles. The fourth-order valence-corrected chi connectivity index (χ4v) is 11.2. The second-order valence-corrected chi connectivity index (χ2v) is 17.9. The van der Waals surface area contributed by atoms with Gasteiger partial charge in [-0.2, -0.15) is 0 Å². The van der Waals surface area contributed by atoms with Gasteiger partial charge in [-0.1, -0.05) is 38.1 Å². The molecule has 0 aromatic heterocycles. The first-order valence-corrected chi connectivity index (χ1v) is 21.1. The van der Waals surface area contributed by atoms with Crippen molar-refractivity contribution in [3.8, 4) is 11.5 Å². The predicted octanol–water partition coefficient (Wildman–Crippen LogP) is -0.991. The molecule has 6 aliphatic carbocycles. The van der Waals surface area contributed by atoms with Crippen LogP contribution in [0.5, 0.6) is 11.5 Å². The van der Waals surface area contributed by atoms with Crippen molar-refractivity contribution in [2.24, 2.45) is 35.1 Å². The minimum Gasteiger partial charge on any atom is -0.508 e. The van der Waals surface area contributed by atoms with E-state index in [9.17, 15) is 79.8 Å². The Hall–Kier alpha value is -5.92. The first-order chi connectivity index (χ1) is 31.1. The zero-order chi connectivity index (χ0) is 50.4. The molecule has 70 heavy (non-hydrogen) atoms. The molecule has 2 fully saturated rings. The van der Waals surface area contributed by atoms with E-state index in [0.717, 1.165) is 0 Å². The van der Waals surface area contributed by atoms with Gasteiger partial charge in [0.15, 0.2) is 22.8 Å². The number of aliphatic hydroxyl groups excluding tert-OH is 7. The Morgan fingerprint density at radius 1 is 0.614 bits per heavy atom. The first kappa shape index (κ1) is 58.4. The molecule has 0 aliphatic heterocycles. The number of hydrogen-bond donors (Lipinski definition) is 13. The van der Waals surface area contributed by atoms with E-state index >= 15 is 0 Å². The van der Waals surface area contributed by atoms with E-state index in [-0.39, 0.29) is 59.5 Å². The monoisotopic (exact) mass is 1020 g/mol. The highest BCUT2D eigenvalue weighted by Crippen LogP contribution is 2.58. The number of nitrogens with zero attached hydrogens (tertiary/aromatic N) is 2. The summed E-state index contributed by atoms with van der Waals surface area (Å²) in [7, 11) is 5.84. The van der Waals surface area contributed by atoms with Gasteiger partial charge in [0, 0.05) is 29.6 Å². The summed E-state index contributed by atoms with van der Waals surface area (Å²) >= 11 is 0. The third-order valence-corrected chi connectivity index (χ3v) is 14.0. The number of likely N-dealkylation sites (N-methyl/N-ethyl adjacent to an activating group) is 2. The van der Waals surface area contributed by atoms with E-state index < -0.39 is 151 Å². The average Bonchev–Trinajstić information content (AvgIpc) is 3.23. The lowest BCUT2D eigenvalue weighted by Gasteiger charge is -2.53. The number of primary amides is 2. The summed E-state index contributed by atoms with van der Waals surface area (Å²) < 4.78 is 0. The minimum atomic E-state index is -2.89. The molecule has 0 radical (unpaired) electrons. The van der Waals surface area contributed by atoms with Gasteiger partial charge in [-0.25, -0.2) is 0 Å². The van der Waals surface area contributed by atoms with Gasteiger partial charge in [-0.15, -0.1) is 24.8 Å². The number of amides is 2. The minimum absolute atomic E-state index is 0. The molecule has 4 unspecified atom stereocenters. The van der Waals surface area contributed by atoms with Crippen LogP contribution >= 0.6 is 24.8 Å². The van der Waals surface area contributed by atoms with Crippen LogP contribution in [0.15, 0.2) is 70.2 Å². The molecule has 0 bridgehead atoms. The molecule has 2 aromatic rings. The molecule has 2 amide bonds. The number of phenolic OH excluding ortho intramolecular Hbond substituents is 2. The Morgan fingerprint density at radius 2 is 0.900 bits per heavy atom. The Labute approximate surface area is 412 Å². The molecular weight excluding hydrogens is 967 g/mol. The molecule has 0 saturated heterocycles. The van der Waals surface area contributed by atoms with E-state index in [1.807, 2.05) is 0 Å². The van der Waals surface area contributed by atoms with Crippen LogP contribution in [-0.4, -0.2) is 177 Å². The van der Waals surface area contributed by atoms with Gasteiger partial charge in [-0.05, 0) is 70.2 Å². The lowest BCUT2D eigenvalue weighted by molar-refractivity contribution is -0.170. The maximum absolute atomic E-state index is 13.7. The maximum atomic E-state index is 13.7. The fraction of sp³-hybridized carbons (Fsp3) is 0.435. The van der Waals surface area contributed by atoms with Crippen molar-refractivity contribution in [3.05, 3.63) is 92.5 Å². The van der Waals surface area contributed by atoms with Gasteiger partial charge < -0.3 is 73.1 Å². The Kier molecular flexibility index (Phi) is 17.0. The van der Waals surface area contributed by atoms with E-state index in [0.29, 0.717) is 11.1 Å². The van der Waals surface area contributed by atoms with Crippen LogP contribution in [0.4, 0.5) is 0 Å². The number of halogens is 2. The van der Waals surface area contributed by atoms with Gasteiger partial charge in [0.05, 0.1) is 47.3 Å². The number of hydrogen-bond acceptors (Lipinski definition) is 19. The quantitative estimate of drug-likeness (QED) is 0.164. The number of ketones is 4. The number of benzene rings is 2. The Morgan fingerprint density at radius 3 is 1.16 bits per heavy atom. The van der Waals surface area contributed by atoms with E-state index in [4.69, 9.17) is 16.6 Å². The number of fused-ring (bicyclic) bond motifs is 6. The lowest BCUT2D eigenvalue weighted by atomic mass is 9.54. The number of carbonyl (C=O) groups is 6. The summed E-state index contributed by atoms with van der Waals surface area (Å²) in [6.45, 7) is 5.28. The van der Waals surface area contributed by atoms with E-state index in [1.165, 1.54) is 50.1 Å². The van der Waals surface area contributed by atoms with Crippen molar-refractivity contribution in [2.45, 2.75) is 68.1 Å². The number of phenols is 2. The summed E-state index contributed by atoms with van der Waals surface area (Å²) in [6.07, 6.45) is -3.18. The predicted molar refractivity (Wildman–Crippen MR) is 252 cm³/mol. The summed E-state index contributed by atoms with van der Waals surface area (Å²) in [5, 5.41) is 117. The molecule has 0 heterocycles. The number of aromatic hydroxyl groups is 2. The van der Waals surface area contributed by atoms with Gasteiger partial charge >= 0.3 is 0 Å². The van der Waals surface area contributed by atoms with Crippen molar-refractivity contribution in [3.63, 3.8) is 0 Å². The molecule has 384 valence electrons. The molecule has 22 nitrogen and oxygen atoms in total.